The highest BCUT2D eigenvalue weighted by molar-refractivity contribution is 6.43. The molecule has 58 valence electrons. The maximum Gasteiger partial charge on any atom is 0.151 e. The van der Waals surface area contributed by atoms with Gasteiger partial charge in [0.1, 0.15) is 0 Å². The van der Waals surface area contributed by atoms with Crippen LogP contribution in [-0.2, 0) is 0 Å². The van der Waals surface area contributed by atoms with Gasteiger partial charge in [-0.15, -0.1) is 0 Å². The second-order valence-corrected chi connectivity index (χ2v) is 3.05. The number of halogens is 2. The SMILES string of the molecule is Cc1cc(Cl)c(Cl)c(C=O)c1. The minimum atomic E-state index is 0.326. The number of carbonyl (C=O) groups excluding carboxylic acids is 1. The lowest BCUT2D eigenvalue weighted by molar-refractivity contribution is 0.112. The molecule has 1 aromatic carbocycles. The molecular weight excluding hydrogens is 183 g/mol. The Bertz CT molecular complexity index is 294. The minimum absolute atomic E-state index is 0.326. The first kappa shape index (κ1) is 8.57. The predicted molar refractivity (Wildman–Crippen MR) is 46.6 cm³/mol. The molecule has 0 radical (unpaired) electrons. The second kappa shape index (κ2) is 3.24. The maximum atomic E-state index is 10.4. The Kier molecular flexibility index (Phi) is 2.53. The van der Waals surface area contributed by atoms with Gasteiger partial charge in [-0.25, -0.2) is 0 Å². The van der Waals surface area contributed by atoms with Crippen LogP contribution in [-0.4, -0.2) is 6.29 Å². The molecule has 0 aliphatic rings. The number of rotatable bonds is 1. The molecule has 0 saturated carbocycles. The molecule has 11 heavy (non-hydrogen) atoms. The summed E-state index contributed by atoms with van der Waals surface area (Å²) in [5.74, 6) is 0. The Labute approximate surface area is 74.9 Å². The lowest BCUT2D eigenvalue weighted by Gasteiger charge is -2.00. The van der Waals surface area contributed by atoms with Crippen molar-refractivity contribution in [3.05, 3.63) is 33.3 Å². The first-order chi connectivity index (χ1) is 5.15. The molecule has 0 unspecified atom stereocenters. The van der Waals surface area contributed by atoms with E-state index in [1.807, 2.05) is 6.92 Å². The summed E-state index contributed by atoms with van der Waals surface area (Å²) >= 11 is 11.4. The third-order valence-electron chi connectivity index (χ3n) is 1.33. The Hall–Kier alpha value is -0.530. The van der Waals surface area contributed by atoms with Crippen LogP contribution in [0.4, 0.5) is 0 Å². The molecule has 0 fully saturated rings. The average Bonchev–Trinajstić information content (AvgIpc) is 1.96. The van der Waals surface area contributed by atoms with E-state index in [9.17, 15) is 4.79 Å². The normalized spacial score (nSPS) is 9.73. The fourth-order valence-electron chi connectivity index (χ4n) is 0.837. The maximum absolute atomic E-state index is 10.4. The zero-order chi connectivity index (χ0) is 8.43. The number of hydrogen-bond acceptors (Lipinski definition) is 1. The van der Waals surface area contributed by atoms with Gasteiger partial charge in [0.15, 0.2) is 6.29 Å². The van der Waals surface area contributed by atoms with Crippen LogP contribution in [0.25, 0.3) is 0 Å². The summed E-state index contributed by atoms with van der Waals surface area (Å²) in [5, 5.41) is 0.751. The first-order valence-electron chi connectivity index (χ1n) is 3.06. The van der Waals surface area contributed by atoms with Gasteiger partial charge in [-0.3, -0.25) is 4.79 Å². The van der Waals surface area contributed by atoms with Crippen molar-refractivity contribution in [3.8, 4) is 0 Å². The topological polar surface area (TPSA) is 17.1 Å². The van der Waals surface area contributed by atoms with Crippen molar-refractivity contribution in [2.75, 3.05) is 0 Å². The summed E-state index contributed by atoms with van der Waals surface area (Å²) in [6, 6.07) is 3.41. The largest absolute Gasteiger partial charge is 0.298 e. The highest BCUT2D eigenvalue weighted by Gasteiger charge is 2.03. The van der Waals surface area contributed by atoms with E-state index in [0.717, 1.165) is 5.56 Å². The third kappa shape index (κ3) is 1.73. The molecule has 1 aromatic rings. The highest BCUT2D eigenvalue weighted by atomic mass is 35.5. The molecule has 0 heterocycles. The van der Waals surface area contributed by atoms with Gasteiger partial charge >= 0.3 is 0 Å². The van der Waals surface area contributed by atoms with Gasteiger partial charge in [0, 0.05) is 5.56 Å². The minimum Gasteiger partial charge on any atom is -0.298 e. The first-order valence-corrected chi connectivity index (χ1v) is 3.81. The summed E-state index contributed by atoms with van der Waals surface area (Å²) in [5.41, 5.74) is 1.37. The molecule has 0 aliphatic carbocycles. The summed E-state index contributed by atoms with van der Waals surface area (Å²) in [6.45, 7) is 1.86. The lowest BCUT2D eigenvalue weighted by Crippen LogP contribution is -1.84. The summed E-state index contributed by atoms with van der Waals surface area (Å²) in [4.78, 5) is 10.4. The van der Waals surface area contributed by atoms with Crippen LogP contribution >= 0.6 is 23.2 Å². The van der Waals surface area contributed by atoms with Crippen LogP contribution in [0.1, 0.15) is 15.9 Å². The van der Waals surface area contributed by atoms with Gasteiger partial charge < -0.3 is 0 Å². The summed E-state index contributed by atoms with van der Waals surface area (Å²) in [6.07, 6.45) is 0.696. The highest BCUT2D eigenvalue weighted by Crippen LogP contribution is 2.25. The van der Waals surface area contributed by atoms with Crippen molar-refractivity contribution in [2.45, 2.75) is 6.92 Å². The van der Waals surface area contributed by atoms with Crippen LogP contribution in [0.15, 0.2) is 12.1 Å². The van der Waals surface area contributed by atoms with Gasteiger partial charge in [-0.05, 0) is 24.6 Å². The Morgan fingerprint density at radius 2 is 2.00 bits per heavy atom. The number of aldehydes is 1. The molecular formula is C8H6Cl2O. The van der Waals surface area contributed by atoms with Crippen LogP contribution in [0.3, 0.4) is 0 Å². The molecule has 0 N–H and O–H groups in total. The van der Waals surface area contributed by atoms with Gasteiger partial charge in [-0.1, -0.05) is 23.2 Å². The smallest absolute Gasteiger partial charge is 0.151 e. The molecule has 0 aliphatic heterocycles. The number of aryl methyl sites for hydroxylation is 1. The molecule has 0 amide bonds. The van der Waals surface area contributed by atoms with Crippen molar-refractivity contribution < 1.29 is 4.79 Å². The van der Waals surface area contributed by atoms with E-state index in [4.69, 9.17) is 23.2 Å². The van der Waals surface area contributed by atoms with Crippen molar-refractivity contribution >= 4 is 29.5 Å². The Balaban J connectivity index is 3.35. The molecule has 0 atom stereocenters. The Morgan fingerprint density at radius 3 is 2.55 bits per heavy atom. The fourth-order valence-corrected chi connectivity index (χ4v) is 1.27. The van der Waals surface area contributed by atoms with Crippen molar-refractivity contribution in [1.82, 2.24) is 0 Å². The van der Waals surface area contributed by atoms with Crippen molar-refractivity contribution in [2.24, 2.45) is 0 Å². The van der Waals surface area contributed by atoms with E-state index in [0.29, 0.717) is 21.9 Å². The molecule has 0 bridgehead atoms. The van der Waals surface area contributed by atoms with Crippen molar-refractivity contribution in [1.29, 1.82) is 0 Å². The third-order valence-corrected chi connectivity index (χ3v) is 2.14. The van der Waals surface area contributed by atoms with E-state index in [1.54, 1.807) is 12.1 Å². The van der Waals surface area contributed by atoms with Crippen LogP contribution in [0.2, 0.25) is 10.0 Å². The number of hydrogen-bond donors (Lipinski definition) is 0. The molecule has 0 aromatic heterocycles. The van der Waals surface area contributed by atoms with Crippen LogP contribution < -0.4 is 0 Å². The fraction of sp³-hybridized carbons (Fsp3) is 0.125. The number of carbonyl (C=O) groups is 1. The van der Waals surface area contributed by atoms with E-state index in [1.165, 1.54) is 0 Å². The van der Waals surface area contributed by atoms with Crippen LogP contribution in [0, 0.1) is 6.92 Å². The van der Waals surface area contributed by atoms with Gasteiger partial charge in [-0.2, -0.15) is 0 Å². The molecule has 0 spiro atoms. The summed E-state index contributed by atoms with van der Waals surface area (Å²) < 4.78 is 0. The lowest BCUT2D eigenvalue weighted by atomic mass is 10.1. The molecule has 1 rings (SSSR count). The number of benzene rings is 1. The standard InChI is InChI=1S/C8H6Cl2O/c1-5-2-6(4-11)8(10)7(9)3-5/h2-4H,1H3. The molecule has 0 saturated heterocycles. The molecule has 1 nitrogen and oxygen atoms in total. The quantitative estimate of drug-likeness (QED) is 0.620. The zero-order valence-electron chi connectivity index (χ0n) is 5.90. The van der Waals surface area contributed by atoms with E-state index < -0.39 is 0 Å². The van der Waals surface area contributed by atoms with Gasteiger partial charge in [0.25, 0.3) is 0 Å². The zero-order valence-corrected chi connectivity index (χ0v) is 7.41. The monoisotopic (exact) mass is 188 g/mol. The Morgan fingerprint density at radius 1 is 1.36 bits per heavy atom. The average molecular weight is 189 g/mol. The van der Waals surface area contributed by atoms with Crippen molar-refractivity contribution in [3.63, 3.8) is 0 Å². The summed E-state index contributed by atoms with van der Waals surface area (Å²) in [7, 11) is 0. The van der Waals surface area contributed by atoms with E-state index in [-0.39, 0.29) is 0 Å². The van der Waals surface area contributed by atoms with E-state index in [2.05, 4.69) is 0 Å². The van der Waals surface area contributed by atoms with Gasteiger partial charge in [0.05, 0.1) is 10.0 Å². The van der Waals surface area contributed by atoms with E-state index >= 15 is 0 Å². The van der Waals surface area contributed by atoms with Crippen LogP contribution in [0.5, 0.6) is 0 Å². The predicted octanol–water partition coefficient (Wildman–Crippen LogP) is 3.11. The molecule has 3 heteroatoms. The van der Waals surface area contributed by atoms with Gasteiger partial charge in [0.2, 0.25) is 0 Å². The second-order valence-electron chi connectivity index (χ2n) is 2.27.